The maximum Gasteiger partial charge on any atom is 0.379 e. The minimum Gasteiger partial charge on any atom is -0.462 e. The van der Waals surface area contributed by atoms with Crippen molar-refractivity contribution in [3.63, 3.8) is 0 Å². The van der Waals surface area contributed by atoms with E-state index in [9.17, 15) is 24.0 Å². The van der Waals surface area contributed by atoms with Gasteiger partial charge in [0, 0.05) is 25.7 Å². The van der Waals surface area contributed by atoms with Crippen molar-refractivity contribution in [2.24, 2.45) is 0 Å². The van der Waals surface area contributed by atoms with Crippen molar-refractivity contribution in [1.82, 2.24) is 0 Å². The van der Waals surface area contributed by atoms with Gasteiger partial charge in [-0.15, -0.1) is 0 Å². The highest BCUT2D eigenvalue weighted by molar-refractivity contribution is 5.93. The van der Waals surface area contributed by atoms with Gasteiger partial charge >= 0.3 is 29.8 Å². The lowest BCUT2D eigenvalue weighted by atomic mass is 10.1. The molecule has 0 amide bonds. The molecule has 180 valence electrons. The topological polar surface area (TPSA) is 132 Å². The Balaban J connectivity index is 3.24. The summed E-state index contributed by atoms with van der Waals surface area (Å²) in [6.07, 6.45) is -0.419. The van der Waals surface area contributed by atoms with Gasteiger partial charge in [0.1, 0.15) is 6.61 Å². The molecular formula is C22H32O10. The minimum absolute atomic E-state index is 0.0289. The van der Waals surface area contributed by atoms with Crippen LogP contribution in [0.15, 0.2) is 11.5 Å². The van der Waals surface area contributed by atoms with E-state index in [-0.39, 0.29) is 31.4 Å². The van der Waals surface area contributed by atoms with Gasteiger partial charge in [-0.25, -0.2) is 4.79 Å². The first kappa shape index (κ1) is 27.1. The van der Waals surface area contributed by atoms with Gasteiger partial charge in [0.2, 0.25) is 11.9 Å². The summed E-state index contributed by atoms with van der Waals surface area (Å²) in [5, 5.41) is 0. The summed E-state index contributed by atoms with van der Waals surface area (Å²) in [4.78, 5) is 60.5. The van der Waals surface area contributed by atoms with Crippen LogP contribution in [0, 0.1) is 0 Å². The quantitative estimate of drug-likeness (QED) is 0.284. The van der Waals surface area contributed by atoms with Gasteiger partial charge < -0.3 is 23.7 Å². The number of hydrogen-bond donors (Lipinski definition) is 0. The molecule has 1 heterocycles. The second kappa shape index (κ2) is 14.2. The monoisotopic (exact) mass is 456 g/mol. The molecule has 0 N–H and O–H groups in total. The molecule has 0 fully saturated rings. The van der Waals surface area contributed by atoms with Crippen LogP contribution in [-0.2, 0) is 47.7 Å². The van der Waals surface area contributed by atoms with Gasteiger partial charge in [0.15, 0.2) is 6.10 Å². The Morgan fingerprint density at radius 2 is 1.28 bits per heavy atom. The highest BCUT2D eigenvalue weighted by Crippen LogP contribution is 2.30. The maximum absolute atomic E-state index is 12.4. The summed E-state index contributed by atoms with van der Waals surface area (Å²) in [6, 6.07) is 0. The molecule has 0 spiro atoms. The fourth-order valence-electron chi connectivity index (χ4n) is 2.71. The van der Waals surface area contributed by atoms with E-state index in [0.29, 0.717) is 25.7 Å². The Hall–Kier alpha value is -2.91. The van der Waals surface area contributed by atoms with Gasteiger partial charge in [-0.1, -0.05) is 27.7 Å². The zero-order valence-electron chi connectivity index (χ0n) is 19.1. The zero-order valence-corrected chi connectivity index (χ0v) is 19.1. The Morgan fingerprint density at radius 1 is 0.781 bits per heavy atom. The second-order valence-corrected chi connectivity index (χ2v) is 7.18. The smallest absolute Gasteiger partial charge is 0.379 e. The third kappa shape index (κ3) is 8.68. The number of carbonyl (C=O) groups is 5. The fourth-order valence-corrected chi connectivity index (χ4v) is 2.71. The summed E-state index contributed by atoms with van der Waals surface area (Å²) in [5.74, 6) is -4.54. The van der Waals surface area contributed by atoms with E-state index >= 15 is 0 Å². The molecule has 0 saturated carbocycles. The number of ether oxygens (including phenoxy) is 5. The molecule has 1 aliphatic rings. The average molecular weight is 456 g/mol. The van der Waals surface area contributed by atoms with Crippen LogP contribution < -0.4 is 0 Å². The number of hydrogen-bond acceptors (Lipinski definition) is 10. The van der Waals surface area contributed by atoms with Crippen molar-refractivity contribution < 1.29 is 47.7 Å². The molecule has 32 heavy (non-hydrogen) atoms. The van der Waals surface area contributed by atoms with Gasteiger partial charge in [0.05, 0.1) is 0 Å². The van der Waals surface area contributed by atoms with Gasteiger partial charge in [-0.05, 0) is 25.7 Å². The van der Waals surface area contributed by atoms with E-state index in [0.717, 1.165) is 0 Å². The summed E-state index contributed by atoms with van der Waals surface area (Å²) in [6.45, 7) is 6.65. The van der Waals surface area contributed by atoms with Crippen molar-refractivity contribution in [2.75, 3.05) is 6.61 Å². The Bertz CT molecular complexity index is 724. The summed E-state index contributed by atoms with van der Waals surface area (Å²) in [7, 11) is 0. The predicted molar refractivity (Wildman–Crippen MR) is 110 cm³/mol. The van der Waals surface area contributed by atoms with Gasteiger partial charge in [-0.3, -0.25) is 19.2 Å². The first-order chi connectivity index (χ1) is 15.3. The van der Waals surface area contributed by atoms with Gasteiger partial charge in [-0.2, -0.15) is 0 Å². The second-order valence-electron chi connectivity index (χ2n) is 7.18. The van der Waals surface area contributed by atoms with Gasteiger partial charge in [0.25, 0.3) is 5.76 Å². The van der Waals surface area contributed by atoms with E-state index in [1.165, 1.54) is 0 Å². The van der Waals surface area contributed by atoms with Crippen LogP contribution in [0.5, 0.6) is 0 Å². The van der Waals surface area contributed by atoms with Crippen LogP contribution in [0.4, 0.5) is 0 Å². The lowest BCUT2D eigenvalue weighted by Crippen LogP contribution is -2.38. The third-order valence-electron chi connectivity index (χ3n) is 4.19. The van der Waals surface area contributed by atoms with E-state index in [4.69, 9.17) is 23.7 Å². The Morgan fingerprint density at radius 3 is 1.84 bits per heavy atom. The largest absolute Gasteiger partial charge is 0.462 e. The molecule has 0 radical (unpaired) electrons. The highest BCUT2D eigenvalue weighted by Gasteiger charge is 2.46. The molecule has 0 aliphatic carbocycles. The van der Waals surface area contributed by atoms with E-state index < -0.39 is 54.4 Å². The Kier molecular flexibility index (Phi) is 12.0. The van der Waals surface area contributed by atoms with E-state index in [1.807, 2.05) is 0 Å². The molecular weight excluding hydrogens is 424 g/mol. The number of cyclic esters (lactones) is 1. The lowest BCUT2D eigenvalue weighted by molar-refractivity contribution is -0.172. The van der Waals surface area contributed by atoms with Crippen LogP contribution in [0.25, 0.3) is 0 Å². The van der Waals surface area contributed by atoms with E-state index in [2.05, 4.69) is 0 Å². The van der Waals surface area contributed by atoms with Crippen LogP contribution >= 0.6 is 0 Å². The predicted octanol–water partition coefficient (Wildman–Crippen LogP) is 2.87. The molecule has 0 aromatic carbocycles. The van der Waals surface area contributed by atoms with Crippen molar-refractivity contribution >= 4 is 29.8 Å². The molecule has 2 atom stereocenters. The van der Waals surface area contributed by atoms with Crippen LogP contribution in [-0.4, -0.2) is 48.7 Å². The van der Waals surface area contributed by atoms with Crippen LogP contribution in [0.1, 0.15) is 79.1 Å². The summed E-state index contributed by atoms with van der Waals surface area (Å²) in [5.41, 5.74) is 0. The standard InChI is InChI=1S/C22H32O10/c1-5-9-15(23)28-13-14(29-16(24)10-6-2)19-20(30-17(25)11-7-3)21(22(27)32-19)31-18(26)12-8-4/h14,19H,5-13H2,1-4H3/t14-,19+/m0/s1. The molecule has 0 bridgehead atoms. The third-order valence-corrected chi connectivity index (χ3v) is 4.19. The first-order valence-corrected chi connectivity index (χ1v) is 11.0. The zero-order chi connectivity index (χ0) is 24.1. The molecule has 0 aromatic heterocycles. The molecule has 0 saturated heterocycles. The number of esters is 5. The summed E-state index contributed by atoms with van der Waals surface area (Å²) < 4.78 is 26.1. The number of rotatable bonds is 14. The molecule has 0 unspecified atom stereocenters. The Labute approximate surface area is 187 Å². The van der Waals surface area contributed by atoms with Crippen molar-refractivity contribution in [3.8, 4) is 0 Å². The maximum atomic E-state index is 12.4. The molecule has 10 nitrogen and oxygen atoms in total. The molecule has 1 aliphatic heterocycles. The van der Waals surface area contributed by atoms with Crippen molar-refractivity contribution in [1.29, 1.82) is 0 Å². The fraction of sp³-hybridized carbons (Fsp3) is 0.682. The van der Waals surface area contributed by atoms with E-state index in [1.54, 1.807) is 27.7 Å². The average Bonchev–Trinajstić information content (AvgIpc) is 3.01. The van der Waals surface area contributed by atoms with Crippen LogP contribution in [0.3, 0.4) is 0 Å². The number of carbonyl (C=O) groups excluding carboxylic acids is 5. The summed E-state index contributed by atoms with van der Waals surface area (Å²) >= 11 is 0. The molecule has 10 heteroatoms. The highest BCUT2D eigenvalue weighted by atomic mass is 16.7. The van der Waals surface area contributed by atoms with Crippen molar-refractivity contribution in [3.05, 3.63) is 11.5 Å². The van der Waals surface area contributed by atoms with Crippen LogP contribution in [0.2, 0.25) is 0 Å². The normalized spacial score (nSPS) is 16.2. The first-order valence-electron chi connectivity index (χ1n) is 11.0. The SMILES string of the molecule is CCCC(=O)OC[C@H](OC(=O)CCC)[C@H]1OC(=O)C(OC(=O)CCC)=C1OC(=O)CCC. The van der Waals surface area contributed by atoms with Crippen molar-refractivity contribution in [2.45, 2.75) is 91.3 Å². The molecule has 1 rings (SSSR count). The lowest BCUT2D eigenvalue weighted by Gasteiger charge is -2.24. The minimum atomic E-state index is -1.41. The molecule has 0 aromatic rings.